The van der Waals surface area contributed by atoms with Crippen LogP contribution in [-0.2, 0) is 6.42 Å². The number of ether oxygens (including phenoxy) is 2. The fraction of sp³-hybridized carbons (Fsp3) is 0.333. The van der Waals surface area contributed by atoms with Crippen molar-refractivity contribution in [2.75, 3.05) is 7.11 Å². The molecule has 0 aliphatic rings. The number of hydrogen-bond donors (Lipinski definition) is 0. The van der Waals surface area contributed by atoms with Crippen LogP contribution in [0, 0.1) is 11.3 Å². The first-order chi connectivity index (χ1) is 7.46. The zero-order chi connectivity index (χ0) is 12.2. The Morgan fingerprint density at radius 1 is 1.44 bits per heavy atom. The van der Waals surface area contributed by atoms with Crippen LogP contribution < -0.4 is 9.47 Å². The maximum absolute atomic E-state index is 11.9. The van der Waals surface area contributed by atoms with E-state index in [1.165, 1.54) is 13.2 Å². The smallest absolute Gasteiger partial charge is 0.493 e. The van der Waals surface area contributed by atoms with E-state index in [1.54, 1.807) is 0 Å². The van der Waals surface area contributed by atoms with Crippen LogP contribution >= 0.6 is 0 Å². The third-order valence-corrected chi connectivity index (χ3v) is 1.59. The van der Waals surface area contributed by atoms with E-state index >= 15 is 0 Å². The van der Waals surface area contributed by atoms with Crippen LogP contribution in [0.15, 0.2) is 12.3 Å². The first kappa shape index (κ1) is 12.1. The normalized spacial score (nSPS) is 10.7. The second-order valence-electron chi connectivity index (χ2n) is 2.71. The van der Waals surface area contributed by atoms with Gasteiger partial charge >= 0.3 is 6.36 Å². The van der Waals surface area contributed by atoms with Gasteiger partial charge in [-0.1, -0.05) is 0 Å². The SMILES string of the molecule is COc1cc(CC#N)ncc1OC(F)(F)F. The van der Waals surface area contributed by atoms with Crippen LogP contribution in [0.5, 0.6) is 11.5 Å². The summed E-state index contributed by atoms with van der Waals surface area (Å²) in [6.07, 6.45) is -3.94. The zero-order valence-electron chi connectivity index (χ0n) is 8.21. The topological polar surface area (TPSA) is 55.1 Å². The molecule has 0 aromatic carbocycles. The van der Waals surface area contributed by atoms with Gasteiger partial charge in [-0.05, 0) is 0 Å². The Balaban J connectivity index is 2.98. The molecule has 16 heavy (non-hydrogen) atoms. The zero-order valence-corrected chi connectivity index (χ0v) is 8.21. The van der Waals surface area contributed by atoms with Crippen molar-refractivity contribution in [2.45, 2.75) is 12.8 Å². The molecule has 0 atom stereocenters. The first-order valence-electron chi connectivity index (χ1n) is 4.12. The van der Waals surface area contributed by atoms with Crippen molar-refractivity contribution in [1.29, 1.82) is 5.26 Å². The van der Waals surface area contributed by atoms with Crippen LogP contribution in [-0.4, -0.2) is 18.5 Å². The molecular weight excluding hydrogens is 225 g/mol. The van der Waals surface area contributed by atoms with Crippen molar-refractivity contribution in [3.05, 3.63) is 18.0 Å². The second-order valence-corrected chi connectivity index (χ2v) is 2.71. The van der Waals surface area contributed by atoms with E-state index in [9.17, 15) is 13.2 Å². The molecule has 1 rings (SSSR count). The van der Waals surface area contributed by atoms with Gasteiger partial charge in [0.2, 0.25) is 0 Å². The van der Waals surface area contributed by atoms with Crippen molar-refractivity contribution in [1.82, 2.24) is 4.98 Å². The third-order valence-electron chi connectivity index (χ3n) is 1.59. The Kier molecular flexibility index (Phi) is 3.55. The van der Waals surface area contributed by atoms with Gasteiger partial charge in [-0.3, -0.25) is 4.98 Å². The molecule has 0 saturated heterocycles. The highest BCUT2D eigenvalue weighted by Gasteiger charge is 2.32. The van der Waals surface area contributed by atoms with E-state index in [0.29, 0.717) is 5.69 Å². The molecule has 0 N–H and O–H groups in total. The maximum atomic E-state index is 11.9. The van der Waals surface area contributed by atoms with Gasteiger partial charge < -0.3 is 9.47 Å². The lowest BCUT2D eigenvalue weighted by Gasteiger charge is -2.12. The van der Waals surface area contributed by atoms with Gasteiger partial charge in [0, 0.05) is 6.07 Å². The lowest BCUT2D eigenvalue weighted by Crippen LogP contribution is -2.17. The average molecular weight is 232 g/mol. The van der Waals surface area contributed by atoms with Crippen molar-refractivity contribution in [2.24, 2.45) is 0 Å². The number of nitriles is 1. The van der Waals surface area contributed by atoms with Crippen molar-refractivity contribution >= 4 is 0 Å². The lowest BCUT2D eigenvalue weighted by atomic mass is 10.2. The number of nitrogens with zero attached hydrogens (tertiary/aromatic N) is 2. The molecule has 0 aliphatic carbocycles. The molecule has 4 nitrogen and oxygen atoms in total. The van der Waals surface area contributed by atoms with Gasteiger partial charge in [0.1, 0.15) is 0 Å². The highest BCUT2D eigenvalue weighted by atomic mass is 19.4. The molecule has 0 spiro atoms. The number of methoxy groups -OCH3 is 1. The molecule has 86 valence electrons. The van der Waals surface area contributed by atoms with Crippen molar-refractivity contribution in [3.63, 3.8) is 0 Å². The highest BCUT2D eigenvalue weighted by molar-refractivity contribution is 5.39. The Morgan fingerprint density at radius 2 is 2.12 bits per heavy atom. The number of halogens is 3. The standard InChI is InChI=1S/C9H7F3N2O2/c1-15-7-4-6(2-3-13)14-5-8(7)16-9(10,11)12/h4-5H,2H2,1H3. The van der Waals surface area contributed by atoms with E-state index in [0.717, 1.165) is 6.20 Å². The number of pyridine rings is 1. The quantitative estimate of drug-likeness (QED) is 0.800. The minimum absolute atomic E-state index is 0.0113. The summed E-state index contributed by atoms with van der Waals surface area (Å²) in [5.41, 5.74) is 0.314. The van der Waals surface area contributed by atoms with Gasteiger partial charge in [-0.15, -0.1) is 13.2 Å². The molecule has 0 unspecified atom stereocenters. The van der Waals surface area contributed by atoms with E-state index in [-0.39, 0.29) is 12.2 Å². The lowest BCUT2D eigenvalue weighted by molar-refractivity contribution is -0.275. The minimum Gasteiger partial charge on any atom is -0.493 e. The van der Waals surface area contributed by atoms with E-state index in [2.05, 4.69) is 9.72 Å². The van der Waals surface area contributed by atoms with Gasteiger partial charge in [-0.2, -0.15) is 5.26 Å². The summed E-state index contributed by atoms with van der Waals surface area (Å²) in [4.78, 5) is 3.63. The fourth-order valence-corrected chi connectivity index (χ4v) is 1.00. The minimum atomic E-state index is -4.80. The fourth-order valence-electron chi connectivity index (χ4n) is 1.00. The first-order valence-corrected chi connectivity index (χ1v) is 4.12. The number of rotatable bonds is 3. The molecule has 1 heterocycles. The average Bonchev–Trinajstić information content (AvgIpc) is 2.18. The molecule has 0 bridgehead atoms. The van der Waals surface area contributed by atoms with Crippen LogP contribution in [0.3, 0.4) is 0 Å². The summed E-state index contributed by atoms with van der Waals surface area (Å²) in [5.74, 6) is -0.644. The third kappa shape index (κ3) is 3.31. The summed E-state index contributed by atoms with van der Waals surface area (Å²) < 4.78 is 44.2. The Morgan fingerprint density at radius 3 is 2.62 bits per heavy atom. The van der Waals surface area contributed by atoms with Gasteiger partial charge in [0.25, 0.3) is 0 Å². The predicted octanol–water partition coefficient (Wildman–Crippen LogP) is 2.05. The second kappa shape index (κ2) is 4.70. The monoisotopic (exact) mass is 232 g/mol. The highest BCUT2D eigenvalue weighted by Crippen LogP contribution is 2.31. The summed E-state index contributed by atoms with van der Waals surface area (Å²) >= 11 is 0. The van der Waals surface area contributed by atoms with Crippen LogP contribution in [0.4, 0.5) is 13.2 Å². The Hall–Kier alpha value is -1.97. The van der Waals surface area contributed by atoms with E-state index < -0.39 is 12.1 Å². The largest absolute Gasteiger partial charge is 0.573 e. The van der Waals surface area contributed by atoms with Crippen LogP contribution in [0.2, 0.25) is 0 Å². The predicted molar refractivity (Wildman–Crippen MR) is 46.8 cm³/mol. The summed E-state index contributed by atoms with van der Waals surface area (Å²) in [6.45, 7) is 0. The molecule has 7 heteroatoms. The maximum Gasteiger partial charge on any atom is 0.573 e. The Labute approximate surface area is 89.2 Å². The molecule has 1 aromatic heterocycles. The Bertz CT molecular complexity index is 412. The van der Waals surface area contributed by atoms with E-state index in [1.807, 2.05) is 6.07 Å². The van der Waals surface area contributed by atoms with Gasteiger partial charge in [0.05, 0.1) is 31.5 Å². The number of alkyl halides is 3. The summed E-state index contributed by atoms with van der Waals surface area (Å²) in [5, 5.41) is 8.40. The molecule has 0 radical (unpaired) electrons. The van der Waals surface area contributed by atoms with Crippen LogP contribution in [0.25, 0.3) is 0 Å². The van der Waals surface area contributed by atoms with Crippen LogP contribution in [0.1, 0.15) is 5.69 Å². The molecule has 0 amide bonds. The summed E-state index contributed by atoms with van der Waals surface area (Å²) in [6, 6.07) is 3.05. The van der Waals surface area contributed by atoms with Crippen molar-refractivity contribution < 1.29 is 22.6 Å². The number of aromatic nitrogens is 1. The molecular formula is C9H7F3N2O2. The van der Waals surface area contributed by atoms with Gasteiger partial charge in [0.15, 0.2) is 11.5 Å². The van der Waals surface area contributed by atoms with Crippen molar-refractivity contribution in [3.8, 4) is 17.6 Å². The molecule has 0 fully saturated rings. The molecule has 1 aromatic rings. The number of hydrogen-bond acceptors (Lipinski definition) is 4. The van der Waals surface area contributed by atoms with E-state index in [4.69, 9.17) is 10.00 Å². The molecule has 0 aliphatic heterocycles. The molecule has 0 saturated carbocycles. The summed E-state index contributed by atoms with van der Waals surface area (Å²) in [7, 11) is 1.20. The van der Waals surface area contributed by atoms with Gasteiger partial charge in [-0.25, -0.2) is 0 Å².